The van der Waals surface area contributed by atoms with Crippen molar-refractivity contribution in [3.05, 3.63) is 34.6 Å². The highest BCUT2D eigenvalue weighted by molar-refractivity contribution is 6.31. The van der Waals surface area contributed by atoms with Crippen LogP contribution >= 0.6 is 11.6 Å². The number of amides is 1. The third-order valence-corrected chi connectivity index (χ3v) is 4.26. The average Bonchev–Trinajstić information content (AvgIpc) is 3.17. The molecular formula is C15H17ClFNO3. The van der Waals surface area contributed by atoms with Gasteiger partial charge < -0.3 is 10.4 Å². The van der Waals surface area contributed by atoms with Gasteiger partial charge in [0.15, 0.2) is 0 Å². The molecule has 1 aromatic carbocycles. The Hall–Kier alpha value is -1.62. The fourth-order valence-electron chi connectivity index (χ4n) is 2.27. The highest BCUT2D eigenvalue weighted by Crippen LogP contribution is 2.46. The van der Waals surface area contributed by atoms with Crippen LogP contribution in [0.5, 0.6) is 0 Å². The maximum atomic E-state index is 13.1. The smallest absolute Gasteiger partial charge is 0.319 e. The van der Waals surface area contributed by atoms with E-state index in [2.05, 4.69) is 5.32 Å². The first-order valence-corrected chi connectivity index (χ1v) is 7.04. The maximum Gasteiger partial charge on any atom is 0.319 e. The van der Waals surface area contributed by atoms with E-state index in [1.165, 1.54) is 12.1 Å². The van der Waals surface area contributed by atoms with Crippen LogP contribution < -0.4 is 5.32 Å². The van der Waals surface area contributed by atoms with Gasteiger partial charge in [-0.2, -0.15) is 0 Å². The maximum absolute atomic E-state index is 13.1. The molecule has 0 radical (unpaired) electrons. The molecule has 0 unspecified atom stereocenters. The Balaban J connectivity index is 2.08. The summed E-state index contributed by atoms with van der Waals surface area (Å²) in [7, 11) is 0. The number of carboxylic acids is 1. The van der Waals surface area contributed by atoms with Crippen molar-refractivity contribution >= 4 is 23.5 Å². The summed E-state index contributed by atoms with van der Waals surface area (Å²) in [6.07, 6.45) is 0.734. The van der Waals surface area contributed by atoms with Crippen LogP contribution in [0.25, 0.3) is 0 Å². The van der Waals surface area contributed by atoms with Crippen LogP contribution in [-0.2, 0) is 15.0 Å². The van der Waals surface area contributed by atoms with E-state index in [9.17, 15) is 14.0 Å². The van der Waals surface area contributed by atoms with E-state index in [0.29, 0.717) is 18.4 Å². The van der Waals surface area contributed by atoms with Crippen molar-refractivity contribution in [3.63, 3.8) is 0 Å². The van der Waals surface area contributed by atoms with E-state index in [4.69, 9.17) is 16.7 Å². The predicted molar refractivity (Wildman–Crippen MR) is 76.7 cm³/mol. The number of aliphatic carboxylic acids is 1. The summed E-state index contributed by atoms with van der Waals surface area (Å²) >= 11 is 6.04. The molecule has 1 fully saturated rings. The molecule has 0 atom stereocenters. The number of nitrogens with one attached hydrogen (secondary N) is 1. The van der Waals surface area contributed by atoms with Gasteiger partial charge in [0.25, 0.3) is 0 Å². The fourth-order valence-corrected chi connectivity index (χ4v) is 2.69. The summed E-state index contributed by atoms with van der Waals surface area (Å²) in [6.45, 7) is 3.94. The Kier molecular flexibility index (Phi) is 3.97. The van der Waals surface area contributed by atoms with Crippen molar-refractivity contribution in [2.45, 2.75) is 32.1 Å². The lowest BCUT2D eigenvalue weighted by Crippen LogP contribution is -2.43. The first-order valence-electron chi connectivity index (χ1n) is 6.66. The van der Waals surface area contributed by atoms with Gasteiger partial charge in [0, 0.05) is 17.0 Å². The zero-order valence-corrected chi connectivity index (χ0v) is 12.6. The molecule has 0 heterocycles. The van der Waals surface area contributed by atoms with E-state index in [1.807, 2.05) is 13.8 Å². The quantitative estimate of drug-likeness (QED) is 0.821. The van der Waals surface area contributed by atoms with Crippen LogP contribution in [0, 0.1) is 11.2 Å². The van der Waals surface area contributed by atoms with E-state index < -0.39 is 28.5 Å². The molecule has 1 saturated carbocycles. The van der Waals surface area contributed by atoms with Gasteiger partial charge in [-0.3, -0.25) is 9.59 Å². The largest absolute Gasteiger partial charge is 0.480 e. The van der Waals surface area contributed by atoms with Gasteiger partial charge in [0.05, 0.1) is 0 Å². The second-order valence-corrected chi connectivity index (χ2v) is 6.49. The molecule has 21 heavy (non-hydrogen) atoms. The van der Waals surface area contributed by atoms with Crippen LogP contribution in [0.2, 0.25) is 5.02 Å². The molecule has 6 heteroatoms. The second kappa shape index (κ2) is 5.30. The SMILES string of the molecule is CC(C)(CNC(=O)C1(C(=O)O)CC1)c1ccc(F)cc1Cl. The van der Waals surface area contributed by atoms with Crippen LogP contribution in [0.4, 0.5) is 4.39 Å². The highest BCUT2D eigenvalue weighted by Gasteiger charge is 2.57. The van der Waals surface area contributed by atoms with Gasteiger partial charge in [-0.05, 0) is 30.5 Å². The zero-order valence-electron chi connectivity index (χ0n) is 11.9. The summed E-state index contributed by atoms with van der Waals surface area (Å²) in [5, 5.41) is 12.0. The highest BCUT2D eigenvalue weighted by atomic mass is 35.5. The Morgan fingerprint density at radius 1 is 1.43 bits per heavy atom. The molecular weight excluding hydrogens is 297 g/mol. The first-order chi connectivity index (χ1) is 9.69. The lowest BCUT2D eigenvalue weighted by molar-refractivity contribution is -0.149. The molecule has 4 nitrogen and oxygen atoms in total. The third kappa shape index (κ3) is 3.02. The lowest BCUT2D eigenvalue weighted by Gasteiger charge is -2.27. The number of carbonyl (C=O) groups excluding carboxylic acids is 1. The summed E-state index contributed by atoms with van der Waals surface area (Å²) < 4.78 is 13.1. The van der Waals surface area contributed by atoms with E-state index in [0.717, 1.165) is 0 Å². The molecule has 0 aromatic heterocycles. The minimum Gasteiger partial charge on any atom is -0.480 e. The first kappa shape index (κ1) is 15.8. The molecule has 1 aromatic rings. The number of rotatable bonds is 5. The summed E-state index contributed by atoms with van der Waals surface area (Å²) in [5.41, 5.74) is -1.09. The molecule has 0 saturated heterocycles. The van der Waals surface area contributed by atoms with E-state index in [-0.39, 0.29) is 11.6 Å². The van der Waals surface area contributed by atoms with Crippen molar-refractivity contribution in [1.82, 2.24) is 5.32 Å². The van der Waals surface area contributed by atoms with Crippen molar-refractivity contribution in [1.29, 1.82) is 0 Å². The Labute approximate surface area is 127 Å². The van der Waals surface area contributed by atoms with Gasteiger partial charge >= 0.3 is 5.97 Å². The zero-order chi connectivity index (χ0) is 15.8. The number of hydrogen-bond donors (Lipinski definition) is 2. The number of halogens is 2. The Bertz CT molecular complexity index is 597. The monoisotopic (exact) mass is 313 g/mol. The van der Waals surface area contributed by atoms with E-state index in [1.54, 1.807) is 6.07 Å². The van der Waals surface area contributed by atoms with Gasteiger partial charge in [-0.15, -0.1) is 0 Å². The molecule has 2 N–H and O–H groups in total. The van der Waals surface area contributed by atoms with E-state index >= 15 is 0 Å². The van der Waals surface area contributed by atoms with Crippen LogP contribution in [0.15, 0.2) is 18.2 Å². The molecule has 114 valence electrons. The van der Waals surface area contributed by atoms with Crippen LogP contribution in [0.3, 0.4) is 0 Å². The molecule has 2 rings (SSSR count). The number of carbonyl (C=O) groups is 2. The fraction of sp³-hybridized carbons (Fsp3) is 0.467. The number of hydrogen-bond acceptors (Lipinski definition) is 2. The number of carboxylic acid groups (broad SMARTS) is 1. The van der Waals surface area contributed by atoms with Crippen molar-refractivity contribution in [2.75, 3.05) is 6.54 Å². The Morgan fingerprint density at radius 2 is 2.05 bits per heavy atom. The second-order valence-electron chi connectivity index (χ2n) is 6.08. The summed E-state index contributed by atoms with van der Waals surface area (Å²) in [4.78, 5) is 23.1. The standard InChI is InChI=1S/C15H17ClFNO3/c1-14(2,10-4-3-9(17)7-11(10)16)8-18-12(19)15(5-6-15)13(20)21/h3-4,7H,5-6,8H2,1-2H3,(H,18,19)(H,20,21). The van der Waals surface area contributed by atoms with Crippen molar-refractivity contribution in [2.24, 2.45) is 5.41 Å². The molecule has 0 aliphatic heterocycles. The molecule has 1 aliphatic carbocycles. The molecule has 0 spiro atoms. The molecule has 0 bridgehead atoms. The molecule has 1 aliphatic rings. The van der Waals surface area contributed by atoms with Gasteiger partial charge in [0.2, 0.25) is 5.91 Å². The number of benzene rings is 1. The van der Waals surface area contributed by atoms with Crippen LogP contribution in [-0.4, -0.2) is 23.5 Å². The summed E-state index contributed by atoms with van der Waals surface area (Å²) in [6, 6.07) is 4.11. The van der Waals surface area contributed by atoms with Crippen molar-refractivity contribution < 1.29 is 19.1 Å². The summed E-state index contributed by atoms with van der Waals surface area (Å²) in [5.74, 6) is -1.98. The Morgan fingerprint density at radius 3 is 2.52 bits per heavy atom. The minimum atomic E-state index is -1.26. The molecule has 1 amide bonds. The third-order valence-electron chi connectivity index (χ3n) is 3.95. The predicted octanol–water partition coefficient (Wildman–Crippen LogP) is 2.74. The topological polar surface area (TPSA) is 66.4 Å². The lowest BCUT2D eigenvalue weighted by atomic mass is 9.84. The van der Waals surface area contributed by atoms with Crippen LogP contribution in [0.1, 0.15) is 32.3 Å². The van der Waals surface area contributed by atoms with Gasteiger partial charge in [0.1, 0.15) is 11.2 Å². The average molecular weight is 314 g/mol. The van der Waals surface area contributed by atoms with Gasteiger partial charge in [-0.25, -0.2) is 4.39 Å². The normalized spacial score (nSPS) is 16.4. The minimum absolute atomic E-state index is 0.228. The van der Waals surface area contributed by atoms with Crippen molar-refractivity contribution in [3.8, 4) is 0 Å². The van der Waals surface area contributed by atoms with Gasteiger partial charge in [-0.1, -0.05) is 31.5 Å².